The van der Waals surface area contributed by atoms with Crippen LogP contribution in [0, 0.1) is 3.57 Å². The second kappa shape index (κ2) is 9.59. The molecule has 0 fully saturated rings. The van der Waals surface area contributed by atoms with Gasteiger partial charge in [-0.15, -0.1) is 0 Å². The van der Waals surface area contributed by atoms with Crippen LogP contribution in [-0.2, 0) is 6.61 Å². The average Bonchev–Trinajstić information content (AvgIpc) is 2.56. The molecule has 0 unspecified atom stereocenters. The first-order valence-electron chi connectivity index (χ1n) is 7.45. The number of hydrogen-bond acceptors (Lipinski definition) is 4. The maximum absolute atomic E-state index is 12.1. The number of halogens is 3. The van der Waals surface area contributed by atoms with Gasteiger partial charge in [0.2, 0.25) is 0 Å². The molecule has 0 aliphatic carbocycles. The Bertz CT molecular complexity index is 849. The summed E-state index contributed by atoms with van der Waals surface area (Å²) in [5, 5.41) is 3.23. The molecule has 0 radical (unpaired) electrons. The fourth-order valence-electron chi connectivity index (χ4n) is 2.07. The van der Waals surface area contributed by atoms with Crippen molar-refractivity contribution in [3.8, 4) is 11.5 Å². The topological polar surface area (TPSA) is 73.6 Å². The van der Waals surface area contributed by atoms with Crippen LogP contribution < -0.4 is 20.5 Å². The number of benzene rings is 2. The highest BCUT2D eigenvalue weighted by Gasteiger charge is 2.16. The van der Waals surface area contributed by atoms with Gasteiger partial charge in [0, 0.05) is 5.56 Å². The summed E-state index contributed by atoms with van der Waals surface area (Å²) in [6, 6.07) is 8.52. The largest absolute Gasteiger partial charge is 0.490 e. The van der Waals surface area contributed by atoms with Crippen molar-refractivity contribution in [1.29, 1.82) is 0 Å². The Kier molecular flexibility index (Phi) is 7.75. The molecule has 0 atom stereocenters. The summed E-state index contributed by atoms with van der Waals surface area (Å²) in [6.45, 7) is 2.53. The van der Waals surface area contributed by atoms with Gasteiger partial charge in [-0.3, -0.25) is 10.1 Å². The summed E-state index contributed by atoms with van der Waals surface area (Å²) >= 11 is 18.7. The zero-order valence-corrected chi connectivity index (χ0v) is 18.1. The Morgan fingerprint density at radius 3 is 2.58 bits per heavy atom. The molecule has 1 amide bonds. The van der Waals surface area contributed by atoms with Gasteiger partial charge in [-0.25, -0.2) is 0 Å². The molecule has 3 N–H and O–H groups in total. The predicted molar refractivity (Wildman–Crippen MR) is 115 cm³/mol. The molecule has 2 aromatic carbocycles. The smallest absolute Gasteiger partial charge is 0.257 e. The molecule has 9 heteroatoms. The van der Waals surface area contributed by atoms with E-state index >= 15 is 0 Å². The number of nitrogens with two attached hydrogens (primary N) is 1. The molecule has 0 aromatic heterocycles. The number of hydrogen-bond donors (Lipinski definition) is 2. The number of carbonyl (C=O) groups is 1. The molecule has 0 saturated carbocycles. The van der Waals surface area contributed by atoms with Crippen molar-refractivity contribution >= 4 is 69.0 Å². The molecule has 26 heavy (non-hydrogen) atoms. The van der Waals surface area contributed by atoms with Crippen molar-refractivity contribution in [2.75, 3.05) is 6.61 Å². The Balaban J connectivity index is 2.27. The summed E-state index contributed by atoms with van der Waals surface area (Å²) in [5.74, 6) is 0.574. The lowest BCUT2D eigenvalue weighted by Gasteiger charge is -2.15. The lowest BCUT2D eigenvalue weighted by atomic mass is 10.2. The highest BCUT2D eigenvalue weighted by molar-refractivity contribution is 14.1. The number of thiocarbonyl (C=S) groups is 1. The first-order chi connectivity index (χ1) is 12.3. The maximum atomic E-state index is 12.1. The van der Waals surface area contributed by atoms with Crippen molar-refractivity contribution in [3.63, 3.8) is 0 Å². The minimum Gasteiger partial charge on any atom is -0.490 e. The van der Waals surface area contributed by atoms with Crippen molar-refractivity contribution in [2.24, 2.45) is 5.73 Å². The van der Waals surface area contributed by atoms with Crippen molar-refractivity contribution in [2.45, 2.75) is 13.5 Å². The Morgan fingerprint density at radius 2 is 1.96 bits per heavy atom. The van der Waals surface area contributed by atoms with Crippen LogP contribution in [0.4, 0.5) is 0 Å². The fourth-order valence-corrected chi connectivity index (χ4v) is 3.24. The van der Waals surface area contributed by atoms with Gasteiger partial charge < -0.3 is 15.2 Å². The van der Waals surface area contributed by atoms with Crippen LogP contribution in [0.25, 0.3) is 0 Å². The van der Waals surface area contributed by atoms with Gasteiger partial charge in [-0.1, -0.05) is 29.3 Å². The van der Waals surface area contributed by atoms with Crippen LogP contribution in [-0.4, -0.2) is 17.6 Å². The number of carbonyl (C=O) groups excluding carboxylic acids is 1. The average molecular weight is 525 g/mol. The summed E-state index contributed by atoms with van der Waals surface area (Å²) < 4.78 is 12.2. The third-order valence-electron chi connectivity index (χ3n) is 3.18. The predicted octanol–water partition coefficient (Wildman–Crippen LogP) is 4.55. The van der Waals surface area contributed by atoms with Gasteiger partial charge in [0.25, 0.3) is 5.91 Å². The highest BCUT2D eigenvalue weighted by Crippen LogP contribution is 2.35. The first-order valence-corrected chi connectivity index (χ1v) is 9.70. The summed E-state index contributed by atoms with van der Waals surface area (Å²) in [6.07, 6.45) is 0. The van der Waals surface area contributed by atoms with E-state index in [9.17, 15) is 4.79 Å². The molecule has 0 aliphatic heterocycles. The van der Waals surface area contributed by atoms with Crippen LogP contribution >= 0.6 is 58.0 Å². The Hall–Kier alpha value is -1.29. The third kappa shape index (κ3) is 5.60. The summed E-state index contributed by atoms with van der Waals surface area (Å²) in [4.78, 5) is 12.1. The molecule has 5 nitrogen and oxygen atoms in total. The molecule has 138 valence electrons. The van der Waals surface area contributed by atoms with Gasteiger partial charge in [0.1, 0.15) is 6.61 Å². The van der Waals surface area contributed by atoms with Crippen molar-refractivity contribution in [1.82, 2.24) is 5.32 Å². The van der Waals surface area contributed by atoms with E-state index in [1.54, 1.807) is 24.3 Å². The van der Waals surface area contributed by atoms with Crippen LogP contribution in [0.5, 0.6) is 11.5 Å². The van der Waals surface area contributed by atoms with Crippen LogP contribution in [0.3, 0.4) is 0 Å². The minimum atomic E-state index is -0.410. The molecule has 0 aliphatic rings. The monoisotopic (exact) mass is 524 g/mol. The number of nitrogens with one attached hydrogen (secondary N) is 1. The van der Waals surface area contributed by atoms with E-state index in [4.69, 9.17) is 50.6 Å². The first kappa shape index (κ1) is 21.0. The standard InChI is InChI=1S/C17H15Cl2IN2O3S/c1-2-24-14-7-10(16(23)22-17(21)26)6-13(20)15(14)25-8-9-3-4-11(18)12(19)5-9/h3-7H,2,8H2,1H3,(H3,21,22,23,26). The van der Waals surface area contributed by atoms with Crippen LogP contribution in [0.2, 0.25) is 10.0 Å². The van der Waals surface area contributed by atoms with E-state index in [1.165, 1.54) is 0 Å². The van der Waals surface area contributed by atoms with Crippen molar-refractivity contribution in [3.05, 3.63) is 55.1 Å². The molecule has 0 heterocycles. The summed E-state index contributed by atoms with van der Waals surface area (Å²) in [7, 11) is 0. The lowest BCUT2D eigenvalue weighted by molar-refractivity contribution is 0.0976. The van der Waals surface area contributed by atoms with Crippen LogP contribution in [0.15, 0.2) is 30.3 Å². The summed E-state index contributed by atoms with van der Waals surface area (Å²) in [5.41, 5.74) is 6.57. The molecule has 0 saturated heterocycles. The van der Waals surface area contributed by atoms with Gasteiger partial charge >= 0.3 is 0 Å². The fraction of sp³-hybridized carbons (Fsp3) is 0.176. The quantitative estimate of drug-likeness (QED) is 0.428. The molecular formula is C17H15Cl2IN2O3S. The lowest BCUT2D eigenvalue weighted by Crippen LogP contribution is -2.34. The zero-order chi connectivity index (χ0) is 19.3. The third-order valence-corrected chi connectivity index (χ3v) is 4.82. The molecule has 2 rings (SSSR count). The van der Waals surface area contributed by atoms with E-state index < -0.39 is 5.91 Å². The van der Waals surface area contributed by atoms with Gasteiger partial charge in [-0.05, 0) is 71.6 Å². The molecule has 2 aromatic rings. The molecule has 0 spiro atoms. The number of amides is 1. The van der Waals surface area contributed by atoms with E-state index in [0.717, 1.165) is 5.56 Å². The van der Waals surface area contributed by atoms with Crippen molar-refractivity contribution < 1.29 is 14.3 Å². The second-order valence-corrected chi connectivity index (χ2v) is 7.49. The normalized spacial score (nSPS) is 10.3. The number of ether oxygens (including phenoxy) is 2. The van der Waals surface area contributed by atoms with E-state index in [1.807, 2.05) is 13.0 Å². The van der Waals surface area contributed by atoms with Gasteiger partial charge in [0.05, 0.1) is 20.2 Å². The van der Waals surface area contributed by atoms with Crippen LogP contribution in [0.1, 0.15) is 22.8 Å². The Labute approximate surface area is 180 Å². The SMILES string of the molecule is CCOc1cc(C(=O)NC(N)=S)cc(I)c1OCc1ccc(Cl)c(Cl)c1. The highest BCUT2D eigenvalue weighted by atomic mass is 127. The van der Waals surface area contributed by atoms with Gasteiger partial charge in [-0.2, -0.15) is 0 Å². The second-order valence-electron chi connectivity index (χ2n) is 5.07. The minimum absolute atomic E-state index is 0.0945. The van der Waals surface area contributed by atoms with E-state index in [0.29, 0.717) is 37.3 Å². The Morgan fingerprint density at radius 1 is 1.23 bits per heavy atom. The van der Waals surface area contributed by atoms with Gasteiger partial charge in [0.15, 0.2) is 16.6 Å². The zero-order valence-electron chi connectivity index (χ0n) is 13.6. The molecule has 0 bridgehead atoms. The van der Waals surface area contributed by atoms with E-state index in [-0.39, 0.29) is 11.7 Å². The molecular weight excluding hydrogens is 510 g/mol. The van der Waals surface area contributed by atoms with E-state index in [2.05, 4.69) is 27.9 Å². The number of rotatable bonds is 6. The maximum Gasteiger partial charge on any atom is 0.257 e.